The Labute approximate surface area is 207 Å². The molecular formula is C26H26Cl2Hf. The van der Waals surface area contributed by atoms with Crippen LogP contribution < -0.4 is 24.8 Å². The minimum Gasteiger partial charge on any atom is -1.00 e. The van der Waals surface area contributed by atoms with Crippen molar-refractivity contribution in [2.75, 3.05) is 0 Å². The van der Waals surface area contributed by atoms with E-state index in [0.717, 1.165) is 0 Å². The number of halogens is 2. The Kier molecular flexibility index (Phi) is 12.7. The van der Waals surface area contributed by atoms with Crippen molar-refractivity contribution in [2.45, 2.75) is 27.7 Å². The van der Waals surface area contributed by atoms with Crippen LogP contribution in [0.3, 0.4) is 0 Å². The molecule has 2 aromatic carbocycles. The Balaban J connectivity index is 0.000000490. The maximum Gasteiger partial charge on any atom is 4.00 e. The minimum absolute atomic E-state index is 0. The second kappa shape index (κ2) is 13.2. The molecule has 0 N–H and O–H groups in total. The van der Waals surface area contributed by atoms with Crippen LogP contribution >= 0.6 is 0 Å². The molecule has 2 aromatic rings. The molecule has 148 valence electrons. The number of hydrogen-bond donors (Lipinski definition) is 0. The predicted molar refractivity (Wildman–Crippen MR) is 112 cm³/mol. The number of benzene rings is 2. The number of hydrogen-bond acceptors (Lipinski definition) is 0. The fraction of sp³-hybridized carbons (Fsp3) is 0.231. The third kappa shape index (κ3) is 7.55. The van der Waals surface area contributed by atoms with Gasteiger partial charge in [0.1, 0.15) is 0 Å². The summed E-state index contributed by atoms with van der Waals surface area (Å²) in [5.41, 5.74) is 7.84. The Hall–Kier alpha value is -1.15. The van der Waals surface area contributed by atoms with Gasteiger partial charge < -0.3 is 24.8 Å². The molecule has 0 spiro atoms. The summed E-state index contributed by atoms with van der Waals surface area (Å²) >= 11 is 0. The zero-order valence-electron chi connectivity index (χ0n) is 17.3. The summed E-state index contributed by atoms with van der Waals surface area (Å²) in [5.74, 6) is 0.936. The van der Waals surface area contributed by atoms with Gasteiger partial charge in [0.2, 0.25) is 0 Å². The van der Waals surface area contributed by atoms with Gasteiger partial charge in [-0.25, -0.2) is 11.1 Å². The second-order valence-electron chi connectivity index (χ2n) is 7.01. The summed E-state index contributed by atoms with van der Waals surface area (Å²) < 4.78 is 0. The fourth-order valence-electron chi connectivity index (χ4n) is 3.53. The smallest absolute Gasteiger partial charge is 1.00 e. The molecule has 29 heavy (non-hydrogen) atoms. The first kappa shape index (κ1) is 27.9. The Morgan fingerprint density at radius 3 is 1.14 bits per heavy atom. The van der Waals surface area contributed by atoms with E-state index in [0.29, 0.717) is 11.8 Å². The predicted octanol–water partition coefficient (Wildman–Crippen LogP) is 0.944. The van der Waals surface area contributed by atoms with Gasteiger partial charge in [0.05, 0.1) is 0 Å². The van der Waals surface area contributed by atoms with E-state index in [-0.39, 0.29) is 50.7 Å². The zero-order chi connectivity index (χ0) is 18.5. The monoisotopic (exact) mass is 588 g/mol. The van der Waals surface area contributed by atoms with Crippen LogP contribution in [0.5, 0.6) is 0 Å². The third-order valence-corrected chi connectivity index (χ3v) is 4.70. The van der Waals surface area contributed by atoms with Crippen LogP contribution in [0, 0.1) is 24.0 Å². The van der Waals surface area contributed by atoms with Crippen molar-refractivity contribution in [3.05, 3.63) is 107 Å². The van der Waals surface area contributed by atoms with Gasteiger partial charge in [0.15, 0.2) is 0 Å². The average Bonchev–Trinajstić information content (AvgIpc) is 3.17. The molecule has 0 amide bonds. The van der Waals surface area contributed by atoms with Crippen LogP contribution in [0.2, 0.25) is 0 Å². The Morgan fingerprint density at radius 1 is 0.586 bits per heavy atom. The molecule has 2 unspecified atom stereocenters. The van der Waals surface area contributed by atoms with Crippen molar-refractivity contribution in [2.24, 2.45) is 11.8 Å². The SMILES string of the molecule is CC1=[C-]C(C)C=C1c1ccccc1.CC1=[C-]C(C)C=C1c1ccccc1.[Cl-].[Cl-].[Hf+4]. The first-order chi connectivity index (χ1) is 12.5. The average molecular weight is 588 g/mol. The largest absolute Gasteiger partial charge is 4.00 e. The standard InChI is InChI=1S/2C13H13.2ClH.Hf/c2*1-10-8-11(2)13(9-10)12-6-4-3-5-7-12;;;/h2*3-7,9-10H,1-2H3;2*1H;/q2*-1;;;+4/p-2. The first-order valence-corrected chi connectivity index (χ1v) is 9.30. The summed E-state index contributed by atoms with van der Waals surface area (Å²) in [6.07, 6.45) is 11.3. The molecule has 3 heteroatoms. The number of allylic oxidation sites excluding steroid dienone is 8. The van der Waals surface area contributed by atoms with Crippen molar-refractivity contribution >= 4 is 11.1 Å². The normalized spacial score (nSPS) is 19.0. The van der Waals surface area contributed by atoms with E-state index < -0.39 is 0 Å². The van der Waals surface area contributed by atoms with Crippen LogP contribution in [0.25, 0.3) is 11.1 Å². The van der Waals surface area contributed by atoms with E-state index in [2.05, 4.69) is 101 Å². The molecule has 0 saturated heterocycles. The molecule has 2 aliphatic rings. The van der Waals surface area contributed by atoms with Gasteiger partial charge in [0, 0.05) is 0 Å². The Morgan fingerprint density at radius 2 is 0.897 bits per heavy atom. The molecule has 0 nitrogen and oxygen atoms in total. The molecule has 4 rings (SSSR count). The van der Waals surface area contributed by atoms with Crippen molar-refractivity contribution in [3.8, 4) is 0 Å². The minimum atomic E-state index is 0. The molecule has 2 aliphatic carbocycles. The second-order valence-corrected chi connectivity index (χ2v) is 7.01. The van der Waals surface area contributed by atoms with Crippen LogP contribution in [-0.4, -0.2) is 0 Å². The van der Waals surface area contributed by atoms with Crippen molar-refractivity contribution < 1.29 is 50.7 Å². The quantitative estimate of drug-likeness (QED) is 0.363. The van der Waals surface area contributed by atoms with E-state index >= 15 is 0 Å². The summed E-state index contributed by atoms with van der Waals surface area (Å²) in [6, 6.07) is 21.0. The maximum atomic E-state index is 3.39. The maximum absolute atomic E-state index is 3.39. The Bertz CT molecular complexity index is 802. The number of rotatable bonds is 2. The molecule has 0 heterocycles. The third-order valence-electron chi connectivity index (χ3n) is 4.70. The van der Waals surface area contributed by atoms with Crippen LogP contribution in [0.15, 0.2) is 84.0 Å². The van der Waals surface area contributed by atoms with E-state index in [1.54, 1.807) is 0 Å². The van der Waals surface area contributed by atoms with Crippen molar-refractivity contribution in [3.63, 3.8) is 0 Å². The zero-order valence-corrected chi connectivity index (χ0v) is 22.4. The van der Waals surface area contributed by atoms with Gasteiger partial charge in [-0.2, -0.15) is 23.3 Å². The summed E-state index contributed by atoms with van der Waals surface area (Å²) in [6.45, 7) is 8.59. The molecule has 2 atom stereocenters. The van der Waals surface area contributed by atoms with Gasteiger partial charge in [-0.1, -0.05) is 100 Å². The molecular weight excluding hydrogens is 562 g/mol. The molecule has 0 bridgehead atoms. The molecule has 0 radical (unpaired) electrons. The molecule has 0 fully saturated rings. The van der Waals surface area contributed by atoms with Gasteiger partial charge >= 0.3 is 25.8 Å². The van der Waals surface area contributed by atoms with Gasteiger partial charge in [-0.3, -0.25) is 12.2 Å². The van der Waals surface area contributed by atoms with Gasteiger partial charge in [0.25, 0.3) is 0 Å². The van der Waals surface area contributed by atoms with Gasteiger partial charge in [-0.05, 0) is 0 Å². The fourth-order valence-corrected chi connectivity index (χ4v) is 3.53. The first-order valence-electron chi connectivity index (χ1n) is 9.30. The van der Waals surface area contributed by atoms with E-state index in [9.17, 15) is 0 Å². The summed E-state index contributed by atoms with van der Waals surface area (Å²) in [5, 5.41) is 0. The van der Waals surface area contributed by atoms with Crippen molar-refractivity contribution in [1.29, 1.82) is 0 Å². The topological polar surface area (TPSA) is 0 Å². The van der Waals surface area contributed by atoms with Crippen molar-refractivity contribution in [1.82, 2.24) is 0 Å². The molecule has 0 aliphatic heterocycles. The van der Waals surface area contributed by atoms with E-state index in [4.69, 9.17) is 0 Å². The van der Waals surface area contributed by atoms with Crippen LogP contribution in [0.4, 0.5) is 0 Å². The summed E-state index contributed by atoms with van der Waals surface area (Å²) in [4.78, 5) is 0. The summed E-state index contributed by atoms with van der Waals surface area (Å²) in [7, 11) is 0. The van der Waals surface area contributed by atoms with Crippen LogP contribution in [0.1, 0.15) is 38.8 Å². The van der Waals surface area contributed by atoms with Gasteiger partial charge in [-0.15, -0.1) is 11.1 Å². The molecule has 0 aromatic heterocycles. The molecule has 0 saturated carbocycles. The van der Waals surface area contributed by atoms with E-state index in [1.165, 1.54) is 33.4 Å². The van der Waals surface area contributed by atoms with Crippen LogP contribution in [-0.2, 0) is 25.8 Å². The van der Waals surface area contributed by atoms with E-state index in [1.807, 2.05) is 12.1 Å².